The molecule has 2 rings (SSSR count). The Morgan fingerprint density at radius 1 is 1.10 bits per heavy atom. The molecule has 1 aliphatic rings. The molecule has 0 bridgehead atoms. The Morgan fingerprint density at radius 3 is 2.07 bits per heavy atom. The van der Waals surface area contributed by atoms with Crippen LogP contribution >= 0.6 is 23.5 Å². The Balaban J connectivity index is 0.00000106. The van der Waals surface area contributed by atoms with E-state index in [1.54, 1.807) is 0 Å². The molecule has 1 aromatic heterocycles. The summed E-state index contributed by atoms with van der Waals surface area (Å²) in [6.45, 7) is 10.1. The zero-order chi connectivity index (χ0) is 31.9. The van der Waals surface area contributed by atoms with E-state index in [1.165, 1.54) is 19.6 Å². The molecule has 0 spiro atoms. The van der Waals surface area contributed by atoms with Gasteiger partial charge in [-0.05, 0) is 19.6 Å². The van der Waals surface area contributed by atoms with Crippen molar-refractivity contribution in [3.8, 4) is 0 Å². The number of aromatic nitrogens is 2. The molecule has 41 heavy (non-hydrogen) atoms. The second kappa shape index (κ2) is 15.7. The van der Waals surface area contributed by atoms with E-state index >= 15 is 0 Å². The van der Waals surface area contributed by atoms with E-state index in [-0.39, 0.29) is 31.9 Å². The quantitative estimate of drug-likeness (QED) is 0.0505. The maximum atomic E-state index is 12.1. The molecule has 0 aromatic carbocycles. The molecule has 3 unspecified atom stereocenters. The van der Waals surface area contributed by atoms with Crippen LogP contribution in [0.4, 0.5) is 10.6 Å². The van der Waals surface area contributed by atoms with Gasteiger partial charge in [-0.15, -0.1) is 0 Å². The number of carbonyl (C=O) groups is 1. The third-order valence-electron chi connectivity index (χ3n) is 5.09. The summed E-state index contributed by atoms with van der Waals surface area (Å²) >= 11 is -0.174. The summed E-state index contributed by atoms with van der Waals surface area (Å²) < 4.78 is 55.9. The van der Waals surface area contributed by atoms with Crippen molar-refractivity contribution in [2.45, 2.75) is 51.6 Å². The number of anilines is 1. The Morgan fingerprint density at radius 2 is 1.63 bits per heavy atom. The fourth-order valence-electron chi connectivity index (χ4n) is 3.19. The predicted molar refractivity (Wildman–Crippen MR) is 130 cm³/mol. The first-order valence-corrected chi connectivity index (χ1v) is 18.6. The summed E-state index contributed by atoms with van der Waals surface area (Å²) in [5.74, 6) is -0.0890. The maximum absolute atomic E-state index is 12.1. The Bertz CT molecular complexity index is 1240. The van der Waals surface area contributed by atoms with Gasteiger partial charge >= 0.3 is 189 Å². The van der Waals surface area contributed by atoms with Crippen molar-refractivity contribution in [3.05, 3.63) is 16.7 Å². The van der Waals surface area contributed by atoms with E-state index in [0.29, 0.717) is 7.64 Å². The zero-order valence-electron chi connectivity index (χ0n) is 21.8. The van der Waals surface area contributed by atoms with Crippen LogP contribution in [-0.2, 0) is 62.4 Å². The summed E-state index contributed by atoms with van der Waals surface area (Å²) in [6, 6.07) is 0. The van der Waals surface area contributed by atoms with Gasteiger partial charge in [0.15, 0.2) is 0 Å². The molecule has 7 atom stereocenters. The van der Waals surface area contributed by atoms with Crippen molar-refractivity contribution >= 4 is 38.5 Å². The molecule has 1 fully saturated rings. The first-order chi connectivity index (χ1) is 18.7. The average Bonchev–Trinajstić information content (AvgIpc) is 3.09. The summed E-state index contributed by atoms with van der Waals surface area (Å²) in [4.78, 5) is 64.8. The number of aliphatic hydroxyl groups is 2. The van der Waals surface area contributed by atoms with Crippen LogP contribution in [0, 0.1) is 0 Å². The van der Waals surface area contributed by atoms with Gasteiger partial charge in [-0.1, -0.05) is 20.8 Å². The number of carboxylic acid groups (broad SMARTS) is 1. The molecule has 1 saturated heterocycles. The Hall–Kier alpha value is -0.865. The van der Waals surface area contributed by atoms with Crippen molar-refractivity contribution in [3.63, 3.8) is 0 Å². The molecule has 0 amide bonds. The summed E-state index contributed by atoms with van der Waals surface area (Å²) in [7, 11) is -17.7. The van der Waals surface area contributed by atoms with Crippen LogP contribution in [0.15, 0.2) is 11.0 Å². The number of phosphoric acid groups is 3. The molecule has 233 valence electrons. The van der Waals surface area contributed by atoms with Gasteiger partial charge in [0.05, 0.1) is 0 Å². The molecule has 0 radical (unpaired) electrons. The van der Waals surface area contributed by atoms with E-state index in [9.17, 15) is 43.3 Å². The summed E-state index contributed by atoms with van der Waals surface area (Å²) in [6.07, 6.45) is -11.8. The molecule has 0 saturated carbocycles. The molecule has 0 aliphatic carbocycles. The van der Waals surface area contributed by atoms with Gasteiger partial charge in [0.1, 0.15) is 0 Å². The number of hydrogen-bond donors (Lipinski definition) is 8. The van der Waals surface area contributed by atoms with Crippen LogP contribution in [0.5, 0.6) is 0 Å². The number of nitrogen functional groups attached to an aromatic ring is 1. The second-order valence-electron chi connectivity index (χ2n) is 7.88. The molecule has 1 aliphatic heterocycles. The van der Waals surface area contributed by atoms with Crippen molar-refractivity contribution in [1.82, 2.24) is 14.5 Å². The fourth-order valence-corrected chi connectivity index (χ4v) is 7.35. The van der Waals surface area contributed by atoms with Crippen molar-refractivity contribution < 1.29 is 102 Å². The first-order valence-electron chi connectivity index (χ1n) is 11.3. The monoisotopic (exact) mass is 845 g/mol. The molecule has 1 aromatic rings. The van der Waals surface area contributed by atoms with E-state index in [1.807, 2.05) is 0 Å². The van der Waals surface area contributed by atoms with Gasteiger partial charge in [-0.25, -0.2) is 4.57 Å². The molecule has 9 N–H and O–H groups in total. The number of ether oxygens (including phenoxy) is 2. The van der Waals surface area contributed by atoms with Gasteiger partial charge < -0.3 is 14.7 Å². The zero-order valence-corrected chi connectivity index (χ0v) is 29.9. The standard InChI is InChI=1S/C10H15N3O17P3.C6H15N.Hg/c11-3-1-2-13(9(16)12-3)7-5(15)4(14)6(26-7)8(27-10(17)18)28-32(22,23)30-33(24,25)29-31(19,20)21;1-4-7(5-2)6-3;/h2,4-8,14-15H,(H,17,18)(H,22,23)(H,24,25)(H2,11,12,16)(H2,19,20,21);4-6H2,1-3H3;/t4-,5+,6-,7+,8?;;/m0../s1. The number of aliphatic hydroxyl groups excluding tert-OH is 2. The Labute approximate surface area is 248 Å². The van der Waals surface area contributed by atoms with Gasteiger partial charge in [-0.3, -0.25) is 0 Å². The minimum absolute atomic E-state index is 0.0890. The molecule has 21 nitrogen and oxygen atoms in total. The van der Waals surface area contributed by atoms with Crippen LogP contribution in [0.3, 0.4) is 0 Å². The number of hydrogen-bond acceptors (Lipinski definition) is 15. The predicted octanol–water partition coefficient (Wildman–Crippen LogP) is -1.67. The normalized spacial score (nSPS) is 24.6. The van der Waals surface area contributed by atoms with Crippen LogP contribution < -0.4 is 14.5 Å². The minimum atomic E-state index is -5.98. The summed E-state index contributed by atoms with van der Waals surface area (Å²) in [5.41, 5.74) is 4.48. The van der Waals surface area contributed by atoms with Crippen LogP contribution in [-0.4, -0.2) is 99.7 Å². The number of phosphoric ester groups is 1. The third-order valence-corrected chi connectivity index (χ3v) is 11.0. The summed E-state index contributed by atoms with van der Waals surface area (Å²) in [5, 5.41) is 29.4. The third kappa shape index (κ3) is 12.3. The topological polar surface area (TPSA) is 320 Å². The van der Waals surface area contributed by atoms with Crippen molar-refractivity contribution in [2.24, 2.45) is 0 Å². The van der Waals surface area contributed by atoms with E-state index in [4.69, 9.17) is 25.4 Å². The molecular weight excluding hydrogens is 814 g/mol. The number of nitrogens with two attached hydrogens (primary N) is 1. The van der Waals surface area contributed by atoms with E-state index < -0.39 is 66.1 Å². The average molecular weight is 844 g/mol. The van der Waals surface area contributed by atoms with Crippen LogP contribution in [0.1, 0.15) is 27.0 Å². The second-order valence-corrected chi connectivity index (χ2v) is 15.2. The SMILES string of the molecule is CCN(CC)CC.Nc1nc(=O)n([C@@H]2O[C@H](C(OC(=O)O)OP(=O)(O)OP(=O)(O)OP(=O)(O)O)[C@@H](O)[C@H]2O)c[c]1[Hg]. The fraction of sp³-hybridized carbons (Fsp3) is 0.688. The molecule has 25 heteroatoms. The van der Waals surface area contributed by atoms with Gasteiger partial charge in [0.2, 0.25) is 0 Å². The van der Waals surface area contributed by atoms with Gasteiger partial charge in [-0.2, -0.15) is 0 Å². The Kier molecular flexibility index (Phi) is 14.6. The van der Waals surface area contributed by atoms with Gasteiger partial charge in [0, 0.05) is 0 Å². The van der Waals surface area contributed by atoms with Crippen LogP contribution in [0.25, 0.3) is 0 Å². The van der Waals surface area contributed by atoms with E-state index in [2.05, 4.69) is 48.5 Å². The van der Waals surface area contributed by atoms with Crippen molar-refractivity contribution in [1.29, 1.82) is 0 Å². The van der Waals surface area contributed by atoms with Gasteiger partial charge in [0.25, 0.3) is 0 Å². The number of rotatable bonds is 12. The first kappa shape index (κ1) is 38.2. The van der Waals surface area contributed by atoms with E-state index in [0.717, 1.165) is 6.20 Å². The van der Waals surface area contributed by atoms with Crippen molar-refractivity contribution in [2.75, 3.05) is 25.4 Å². The number of nitrogens with zero attached hydrogens (tertiary/aromatic N) is 3. The van der Waals surface area contributed by atoms with Crippen LogP contribution in [0.2, 0.25) is 0 Å². The molecule has 2 heterocycles. The molecular formula is C16H30HgN4O17P3.